The van der Waals surface area contributed by atoms with Crippen LogP contribution in [0.5, 0.6) is 0 Å². The summed E-state index contributed by atoms with van der Waals surface area (Å²) in [4.78, 5) is 16.8. The lowest BCUT2D eigenvalue weighted by atomic mass is 10.1. The van der Waals surface area contributed by atoms with E-state index in [0.717, 1.165) is 48.4 Å². The van der Waals surface area contributed by atoms with Crippen molar-refractivity contribution in [3.8, 4) is 11.3 Å². The minimum Gasteiger partial charge on any atom is -0.299 e. The first kappa shape index (κ1) is 20.2. The summed E-state index contributed by atoms with van der Waals surface area (Å²) in [5.41, 5.74) is 1.66. The first-order chi connectivity index (χ1) is 13.0. The number of rotatable bonds is 8. The van der Waals surface area contributed by atoms with Gasteiger partial charge < -0.3 is 0 Å². The van der Waals surface area contributed by atoms with Gasteiger partial charge in [-0.3, -0.25) is 4.79 Å². The third kappa shape index (κ3) is 5.03. The van der Waals surface area contributed by atoms with Gasteiger partial charge in [0.1, 0.15) is 10.8 Å². The normalized spacial score (nSPS) is 15.7. The predicted octanol–water partition coefficient (Wildman–Crippen LogP) is 4.29. The van der Waals surface area contributed by atoms with Crippen LogP contribution >= 0.6 is 11.3 Å². The Morgan fingerprint density at radius 3 is 2.52 bits per heavy atom. The van der Waals surface area contributed by atoms with Gasteiger partial charge in [-0.2, -0.15) is 4.31 Å². The van der Waals surface area contributed by atoms with E-state index >= 15 is 0 Å². The molecule has 2 aromatic rings. The van der Waals surface area contributed by atoms with E-state index in [-0.39, 0.29) is 5.78 Å². The van der Waals surface area contributed by atoms with E-state index in [1.165, 1.54) is 11.3 Å². The minimum atomic E-state index is -3.41. The van der Waals surface area contributed by atoms with Crippen molar-refractivity contribution in [1.29, 1.82) is 0 Å². The Labute approximate surface area is 165 Å². The molecule has 0 amide bonds. The number of Topliss-reactive ketones (excluding diaryl/α,β-unsaturated/α-hetero) is 1. The van der Waals surface area contributed by atoms with Crippen LogP contribution in [-0.4, -0.2) is 36.6 Å². The Hall–Kier alpha value is -1.57. The maximum atomic E-state index is 12.7. The summed E-state index contributed by atoms with van der Waals surface area (Å²) in [6.45, 7) is 3.28. The topological polar surface area (TPSA) is 67.3 Å². The van der Waals surface area contributed by atoms with Gasteiger partial charge in [-0.05, 0) is 31.4 Å². The second kappa shape index (κ2) is 9.08. The van der Waals surface area contributed by atoms with Crippen LogP contribution in [0.15, 0.2) is 34.5 Å². The van der Waals surface area contributed by atoms with Crippen molar-refractivity contribution in [3.05, 3.63) is 34.7 Å². The lowest BCUT2D eigenvalue weighted by Crippen LogP contribution is -2.35. The largest absolute Gasteiger partial charge is 0.299 e. The quantitative estimate of drug-likeness (QED) is 0.656. The van der Waals surface area contributed by atoms with E-state index in [2.05, 4.69) is 11.9 Å². The molecule has 3 rings (SSSR count). The zero-order valence-electron chi connectivity index (χ0n) is 15.7. The van der Waals surface area contributed by atoms with Crippen LogP contribution in [0, 0.1) is 0 Å². The van der Waals surface area contributed by atoms with E-state index in [9.17, 15) is 13.2 Å². The highest BCUT2D eigenvalue weighted by Crippen LogP contribution is 2.26. The molecular formula is C20H26N2O3S2. The Morgan fingerprint density at radius 2 is 1.85 bits per heavy atom. The van der Waals surface area contributed by atoms with Crippen LogP contribution in [0.3, 0.4) is 0 Å². The van der Waals surface area contributed by atoms with E-state index in [0.29, 0.717) is 30.8 Å². The molecular weight excluding hydrogens is 380 g/mol. The summed E-state index contributed by atoms with van der Waals surface area (Å²) in [6, 6.07) is 6.92. The molecule has 1 aromatic heterocycles. The van der Waals surface area contributed by atoms with Crippen LogP contribution in [0.4, 0.5) is 0 Å². The van der Waals surface area contributed by atoms with Gasteiger partial charge in [-0.25, -0.2) is 13.4 Å². The highest BCUT2D eigenvalue weighted by atomic mass is 32.2. The van der Waals surface area contributed by atoms with Gasteiger partial charge in [0.25, 0.3) is 0 Å². The number of sulfonamides is 1. The van der Waals surface area contributed by atoms with E-state index < -0.39 is 10.0 Å². The van der Waals surface area contributed by atoms with Crippen molar-refractivity contribution in [3.63, 3.8) is 0 Å². The molecule has 7 heteroatoms. The van der Waals surface area contributed by atoms with Crippen molar-refractivity contribution >= 4 is 27.1 Å². The summed E-state index contributed by atoms with van der Waals surface area (Å²) < 4.78 is 27.0. The van der Waals surface area contributed by atoms with Gasteiger partial charge in [0, 0.05) is 30.5 Å². The number of unbranched alkanes of at least 4 members (excludes halogenated alkanes) is 1. The van der Waals surface area contributed by atoms with Crippen LogP contribution in [-0.2, 0) is 21.2 Å². The summed E-state index contributed by atoms with van der Waals surface area (Å²) in [5.74, 6) is 0.223. The van der Waals surface area contributed by atoms with Crippen LogP contribution in [0.2, 0.25) is 0 Å². The Bertz CT molecular complexity index is 867. The molecule has 0 bridgehead atoms. The zero-order chi connectivity index (χ0) is 19.3. The fraction of sp³-hybridized carbons (Fsp3) is 0.500. The maximum Gasteiger partial charge on any atom is 0.243 e. The fourth-order valence-electron chi connectivity index (χ4n) is 3.21. The van der Waals surface area contributed by atoms with Crippen LogP contribution < -0.4 is 0 Å². The lowest BCUT2D eigenvalue weighted by molar-refractivity contribution is -0.118. The number of carbonyl (C=O) groups excluding carboxylic acids is 1. The summed E-state index contributed by atoms with van der Waals surface area (Å²) in [6.07, 6.45) is 5.87. The molecule has 0 unspecified atom stereocenters. The minimum absolute atomic E-state index is 0.223. The number of thiazole rings is 1. The number of piperidine rings is 1. The van der Waals surface area contributed by atoms with Gasteiger partial charge >= 0.3 is 0 Å². The second-order valence-electron chi connectivity index (χ2n) is 6.93. The number of aromatic nitrogens is 1. The molecule has 2 heterocycles. The molecule has 0 spiro atoms. The molecule has 1 aromatic carbocycles. The molecule has 146 valence electrons. The average Bonchev–Trinajstić information content (AvgIpc) is 3.15. The van der Waals surface area contributed by atoms with Gasteiger partial charge in [0.05, 0.1) is 17.0 Å². The van der Waals surface area contributed by atoms with Crippen LogP contribution in [0.25, 0.3) is 11.3 Å². The fourth-order valence-corrected chi connectivity index (χ4v) is 5.56. The molecule has 0 saturated carbocycles. The molecule has 27 heavy (non-hydrogen) atoms. The molecule has 0 atom stereocenters. The van der Waals surface area contributed by atoms with Crippen molar-refractivity contribution in [2.45, 2.75) is 56.8 Å². The van der Waals surface area contributed by atoms with E-state index in [1.54, 1.807) is 28.6 Å². The van der Waals surface area contributed by atoms with E-state index in [4.69, 9.17) is 0 Å². The maximum absolute atomic E-state index is 12.7. The van der Waals surface area contributed by atoms with Crippen molar-refractivity contribution in [2.24, 2.45) is 0 Å². The molecule has 1 fully saturated rings. The number of ketones is 1. The lowest BCUT2D eigenvalue weighted by Gasteiger charge is -2.25. The van der Waals surface area contributed by atoms with Gasteiger partial charge in [0.15, 0.2) is 0 Å². The van der Waals surface area contributed by atoms with Crippen LogP contribution in [0.1, 0.15) is 50.5 Å². The highest BCUT2D eigenvalue weighted by Gasteiger charge is 2.25. The highest BCUT2D eigenvalue weighted by molar-refractivity contribution is 7.89. The third-order valence-corrected chi connectivity index (χ3v) is 7.57. The monoisotopic (exact) mass is 406 g/mol. The number of benzene rings is 1. The number of hydrogen-bond donors (Lipinski definition) is 0. The standard InChI is InChI=1S/C20H26N2O3S2/c1-2-3-7-17(23)14-20-21-19(15-26-20)16-8-10-18(11-9-16)27(24,25)22-12-5-4-6-13-22/h8-11,15H,2-7,12-14H2,1H3. The van der Waals surface area contributed by atoms with Crippen molar-refractivity contribution in [2.75, 3.05) is 13.1 Å². The number of hydrogen-bond acceptors (Lipinski definition) is 5. The first-order valence-electron chi connectivity index (χ1n) is 9.57. The second-order valence-corrected chi connectivity index (χ2v) is 9.82. The Kier molecular flexibility index (Phi) is 6.78. The van der Waals surface area contributed by atoms with Gasteiger partial charge in [-0.1, -0.05) is 31.9 Å². The van der Waals surface area contributed by atoms with Crippen molar-refractivity contribution in [1.82, 2.24) is 9.29 Å². The Morgan fingerprint density at radius 1 is 1.15 bits per heavy atom. The summed E-state index contributed by atoms with van der Waals surface area (Å²) in [5, 5.41) is 2.74. The number of nitrogens with zero attached hydrogens (tertiary/aromatic N) is 2. The molecule has 0 aliphatic carbocycles. The SMILES string of the molecule is CCCCC(=O)Cc1nc(-c2ccc(S(=O)(=O)N3CCCCC3)cc2)cs1. The van der Waals surface area contributed by atoms with Gasteiger partial charge in [0.2, 0.25) is 10.0 Å². The smallest absolute Gasteiger partial charge is 0.243 e. The molecule has 1 aliphatic heterocycles. The molecule has 1 saturated heterocycles. The van der Waals surface area contributed by atoms with Gasteiger partial charge in [-0.15, -0.1) is 11.3 Å². The van der Waals surface area contributed by atoms with Crippen molar-refractivity contribution < 1.29 is 13.2 Å². The molecule has 0 N–H and O–H groups in total. The Balaban J connectivity index is 1.69. The first-order valence-corrected chi connectivity index (χ1v) is 11.9. The number of carbonyl (C=O) groups is 1. The molecule has 5 nitrogen and oxygen atoms in total. The third-order valence-electron chi connectivity index (χ3n) is 4.81. The molecule has 0 radical (unpaired) electrons. The summed E-state index contributed by atoms with van der Waals surface area (Å²) in [7, 11) is -3.41. The predicted molar refractivity (Wildman–Crippen MR) is 108 cm³/mol. The zero-order valence-corrected chi connectivity index (χ0v) is 17.3. The van der Waals surface area contributed by atoms with E-state index in [1.807, 2.05) is 5.38 Å². The average molecular weight is 407 g/mol. The summed E-state index contributed by atoms with van der Waals surface area (Å²) >= 11 is 1.48. The molecule has 1 aliphatic rings.